The summed E-state index contributed by atoms with van der Waals surface area (Å²) in [5.41, 5.74) is -1.55. The second-order valence-corrected chi connectivity index (χ2v) is 6.84. The number of carbonyl (C=O) groups excluding carboxylic acids is 2. The van der Waals surface area contributed by atoms with Crippen molar-refractivity contribution in [1.82, 2.24) is 0 Å². The zero-order chi connectivity index (χ0) is 19.8. The molecule has 142 valence electrons. The minimum atomic E-state index is -4.64. The molecule has 0 fully saturated rings. The highest BCUT2D eigenvalue weighted by Gasteiger charge is 2.35. The van der Waals surface area contributed by atoms with Crippen LogP contribution in [0.2, 0.25) is 0 Å². The van der Waals surface area contributed by atoms with Crippen LogP contribution in [0.3, 0.4) is 0 Å². The average molecular weight is 378 g/mol. The predicted octanol–water partition coefficient (Wildman–Crippen LogP) is 4.31. The van der Waals surface area contributed by atoms with Crippen LogP contribution in [-0.2, 0) is 11.0 Å². The van der Waals surface area contributed by atoms with E-state index in [0.29, 0.717) is 11.4 Å². The summed E-state index contributed by atoms with van der Waals surface area (Å²) in [5, 5.41) is 5.17. The molecule has 0 spiro atoms. The lowest BCUT2D eigenvalue weighted by atomic mass is 9.94. The molecule has 2 N–H and O–H groups in total. The van der Waals surface area contributed by atoms with Crippen LogP contribution >= 0.6 is 0 Å². The Kier molecular flexibility index (Phi) is 4.59. The molecule has 1 aliphatic rings. The van der Waals surface area contributed by atoms with Crippen LogP contribution in [0.15, 0.2) is 42.5 Å². The predicted molar refractivity (Wildman–Crippen MR) is 93.7 cm³/mol. The summed E-state index contributed by atoms with van der Waals surface area (Å²) in [4.78, 5) is 24.5. The first kappa shape index (κ1) is 18.8. The van der Waals surface area contributed by atoms with Crippen molar-refractivity contribution in [3.63, 3.8) is 0 Å². The summed E-state index contributed by atoms with van der Waals surface area (Å²) >= 11 is 0. The van der Waals surface area contributed by atoms with E-state index >= 15 is 0 Å². The van der Waals surface area contributed by atoms with E-state index in [4.69, 9.17) is 4.74 Å². The summed E-state index contributed by atoms with van der Waals surface area (Å²) in [5.74, 6) is -0.770. The van der Waals surface area contributed by atoms with Gasteiger partial charge in [-0.05, 0) is 38.1 Å². The van der Waals surface area contributed by atoms with Crippen molar-refractivity contribution in [3.05, 3.63) is 53.6 Å². The largest absolute Gasteiger partial charge is 0.490 e. The number of fused-ring (bicyclic) bond motifs is 1. The van der Waals surface area contributed by atoms with Gasteiger partial charge in [-0.25, -0.2) is 0 Å². The van der Waals surface area contributed by atoms with Gasteiger partial charge in [-0.1, -0.05) is 12.1 Å². The van der Waals surface area contributed by atoms with Crippen LogP contribution in [0.1, 0.15) is 29.8 Å². The fourth-order valence-corrected chi connectivity index (χ4v) is 2.56. The van der Waals surface area contributed by atoms with E-state index in [1.54, 1.807) is 13.8 Å². The van der Waals surface area contributed by atoms with Crippen molar-refractivity contribution < 1.29 is 27.5 Å². The molecule has 0 aliphatic carbocycles. The third kappa shape index (κ3) is 3.89. The van der Waals surface area contributed by atoms with Crippen molar-refractivity contribution in [2.45, 2.75) is 20.0 Å². The Morgan fingerprint density at radius 2 is 1.89 bits per heavy atom. The van der Waals surface area contributed by atoms with Crippen molar-refractivity contribution >= 4 is 23.2 Å². The van der Waals surface area contributed by atoms with E-state index in [2.05, 4.69) is 10.6 Å². The van der Waals surface area contributed by atoms with E-state index < -0.39 is 28.6 Å². The Bertz CT molecular complexity index is 907. The molecule has 8 heteroatoms. The summed E-state index contributed by atoms with van der Waals surface area (Å²) in [6.45, 7) is 3.58. The topological polar surface area (TPSA) is 67.4 Å². The number of hydrogen-bond donors (Lipinski definition) is 2. The summed E-state index contributed by atoms with van der Waals surface area (Å²) in [7, 11) is 0. The van der Waals surface area contributed by atoms with Crippen LogP contribution in [0, 0.1) is 5.41 Å². The first-order chi connectivity index (χ1) is 12.6. The molecular weight excluding hydrogens is 361 g/mol. The highest BCUT2D eigenvalue weighted by atomic mass is 19.4. The number of ether oxygens (including phenoxy) is 1. The Hall–Kier alpha value is -3.03. The average Bonchev–Trinajstić information content (AvgIpc) is 2.71. The standard InChI is InChI=1S/C19H17F3N2O3/c1-18(2)10-27-15-9-11(7-8-14(15)24-17(18)26)23-16(25)12-5-3-4-6-13(12)19(20,21)22/h3-9H,10H2,1-2H3,(H,23,25)(H,24,26). The maximum absolute atomic E-state index is 13.1. The number of hydrogen-bond acceptors (Lipinski definition) is 3. The van der Waals surface area contributed by atoms with Crippen LogP contribution in [-0.4, -0.2) is 18.4 Å². The number of carbonyl (C=O) groups is 2. The fraction of sp³-hybridized carbons (Fsp3) is 0.263. The van der Waals surface area contributed by atoms with Crippen molar-refractivity contribution in [2.24, 2.45) is 5.41 Å². The Labute approximate surface area is 153 Å². The monoisotopic (exact) mass is 378 g/mol. The molecule has 0 saturated carbocycles. The third-order valence-corrected chi connectivity index (χ3v) is 4.17. The highest BCUT2D eigenvalue weighted by molar-refractivity contribution is 6.06. The number of anilines is 2. The van der Waals surface area contributed by atoms with Gasteiger partial charge in [-0.15, -0.1) is 0 Å². The van der Waals surface area contributed by atoms with Crippen LogP contribution < -0.4 is 15.4 Å². The Balaban J connectivity index is 1.86. The Morgan fingerprint density at radius 1 is 1.19 bits per heavy atom. The maximum Gasteiger partial charge on any atom is 0.417 e. The van der Waals surface area contributed by atoms with Gasteiger partial charge in [0, 0.05) is 11.8 Å². The van der Waals surface area contributed by atoms with Crippen LogP contribution in [0.25, 0.3) is 0 Å². The van der Waals surface area contributed by atoms with E-state index in [1.807, 2.05) is 0 Å². The van der Waals surface area contributed by atoms with Crippen molar-refractivity contribution in [1.29, 1.82) is 0 Å². The van der Waals surface area contributed by atoms with E-state index in [-0.39, 0.29) is 18.2 Å². The van der Waals surface area contributed by atoms with E-state index in [0.717, 1.165) is 12.1 Å². The van der Waals surface area contributed by atoms with Crippen LogP contribution in [0.5, 0.6) is 5.75 Å². The molecule has 0 saturated heterocycles. The van der Waals surface area contributed by atoms with Crippen LogP contribution in [0.4, 0.5) is 24.5 Å². The van der Waals surface area contributed by atoms with Gasteiger partial charge < -0.3 is 15.4 Å². The molecule has 1 heterocycles. The van der Waals surface area contributed by atoms with Gasteiger partial charge in [0.05, 0.1) is 22.2 Å². The minimum Gasteiger partial charge on any atom is -0.490 e. The second-order valence-electron chi connectivity index (χ2n) is 6.84. The molecule has 5 nitrogen and oxygen atoms in total. The number of amides is 2. The zero-order valence-electron chi connectivity index (χ0n) is 14.6. The molecule has 0 atom stereocenters. The highest BCUT2D eigenvalue weighted by Crippen LogP contribution is 2.35. The van der Waals surface area contributed by atoms with Crippen molar-refractivity contribution in [3.8, 4) is 5.75 Å². The molecule has 2 aromatic rings. The first-order valence-electron chi connectivity index (χ1n) is 8.14. The fourth-order valence-electron chi connectivity index (χ4n) is 2.56. The number of benzene rings is 2. The quantitative estimate of drug-likeness (QED) is 0.818. The van der Waals surface area contributed by atoms with E-state index in [1.165, 1.54) is 30.3 Å². The molecule has 2 amide bonds. The number of rotatable bonds is 2. The molecule has 0 bridgehead atoms. The minimum absolute atomic E-state index is 0.125. The molecule has 0 aromatic heterocycles. The van der Waals surface area contributed by atoms with Gasteiger partial charge >= 0.3 is 6.18 Å². The lowest BCUT2D eigenvalue weighted by molar-refractivity contribution is -0.137. The lowest BCUT2D eigenvalue weighted by Crippen LogP contribution is -2.33. The number of halogens is 3. The SMILES string of the molecule is CC1(C)COc2cc(NC(=O)c3ccccc3C(F)(F)F)ccc2NC1=O. The third-order valence-electron chi connectivity index (χ3n) is 4.17. The van der Waals surface area contributed by atoms with Crippen molar-refractivity contribution in [2.75, 3.05) is 17.2 Å². The maximum atomic E-state index is 13.1. The van der Waals surface area contributed by atoms with Gasteiger partial charge in [0.2, 0.25) is 5.91 Å². The van der Waals surface area contributed by atoms with Gasteiger partial charge in [0.1, 0.15) is 12.4 Å². The summed E-state index contributed by atoms with van der Waals surface area (Å²) < 4.78 is 44.9. The molecule has 1 aliphatic heterocycles. The Morgan fingerprint density at radius 3 is 2.59 bits per heavy atom. The molecule has 0 unspecified atom stereocenters. The summed E-state index contributed by atoms with van der Waals surface area (Å²) in [6.07, 6.45) is -4.64. The molecular formula is C19H17F3N2O3. The van der Waals surface area contributed by atoms with E-state index in [9.17, 15) is 22.8 Å². The molecule has 27 heavy (non-hydrogen) atoms. The van der Waals surface area contributed by atoms with Gasteiger partial charge in [0.25, 0.3) is 5.91 Å². The molecule has 3 rings (SSSR count). The lowest BCUT2D eigenvalue weighted by Gasteiger charge is -2.18. The first-order valence-corrected chi connectivity index (χ1v) is 8.14. The van der Waals surface area contributed by atoms with Gasteiger partial charge in [0.15, 0.2) is 0 Å². The molecule has 2 aromatic carbocycles. The number of alkyl halides is 3. The smallest absolute Gasteiger partial charge is 0.417 e. The zero-order valence-corrected chi connectivity index (χ0v) is 14.6. The van der Waals surface area contributed by atoms with Gasteiger partial charge in [-0.3, -0.25) is 9.59 Å². The number of nitrogens with one attached hydrogen (secondary N) is 2. The normalized spacial score (nSPS) is 15.8. The summed E-state index contributed by atoms with van der Waals surface area (Å²) in [6, 6.07) is 9.02. The second kappa shape index (κ2) is 6.61. The molecule has 0 radical (unpaired) electrons. The van der Waals surface area contributed by atoms with Gasteiger partial charge in [-0.2, -0.15) is 13.2 Å².